The normalized spacial score (nSPS) is 13.0. The summed E-state index contributed by atoms with van der Waals surface area (Å²) in [7, 11) is 0. The van der Waals surface area contributed by atoms with Crippen LogP contribution in [0.15, 0.2) is 200 Å². The van der Waals surface area contributed by atoms with Crippen molar-refractivity contribution in [1.82, 2.24) is 18.3 Å². The van der Waals surface area contributed by atoms with Gasteiger partial charge in [0.05, 0.1) is 44.3 Å². The van der Waals surface area contributed by atoms with Crippen LogP contribution in [0.3, 0.4) is 0 Å². The maximum absolute atomic E-state index is 2.59. The van der Waals surface area contributed by atoms with Crippen LogP contribution in [0.4, 0.5) is 0 Å². The first kappa shape index (κ1) is 33.7. The highest BCUT2D eigenvalue weighted by Crippen LogP contribution is 2.45. The Morgan fingerprint density at radius 3 is 1.61 bits per heavy atom. The number of aromatic nitrogens is 4. The molecule has 0 fully saturated rings. The van der Waals surface area contributed by atoms with Gasteiger partial charge in [0.2, 0.25) is 0 Å². The summed E-state index contributed by atoms with van der Waals surface area (Å²) < 4.78 is 10.0. The van der Waals surface area contributed by atoms with Crippen LogP contribution in [0.1, 0.15) is 17.7 Å². The molecule has 0 saturated heterocycles. The quantitative estimate of drug-likeness (QED) is 0.169. The molecule has 0 amide bonds. The molecule has 13 aromatic rings. The molecule has 9 aromatic carbocycles. The molecule has 4 heteroatoms. The SMILES string of the molecule is C1=Cc2c(n(-c3cccc(-n4c5ccccc5c5c4ccc4c6ccccc6n(-c6cccc7ccccc67)c45)c3)c3c2ccc2c3c3ccccc3n2-c2ccccc2)CC1. The Balaban J connectivity index is 1.07. The summed E-state index contributed by atoms with van der Waals surface area (Å²) in [5, 5.41) is 11.3. The molecule has 1 aliphatic carbocycles. The maximum atomic E-state index is 2.59. The van der Waals surface area contributed by atoms with Gasteiger partial charge in [0, 0.05) is 71.4 Å². The lowest BCUT2D eigenvalue weighted by molar-refractivity contribution is 0.889. The number of hydrogen-bond acceptors (Lipinski definition) is 0. The summed E-state index contributed by atoms with van der Waals surface area (Å²) in [5.74, 6) is 0. The third-order valence-electron chi connectivity index (χ3n) is 13.6. The van der Waals surface area contributed by atoms with Crippen molar-refractivity contribution in [2.24, 2.45) is 0 Å². The molecule has 4 heterocycles. The lowest BCUT2D eigenvalue weighted by Gasteiger charge is -2.16. The highest BCUT2D eigenvalue weighted by molar-refractivity contribution is 6.27. The van der Waals surface area contributed by atoms with Gasteiger partial charge in [-0.2, -0.15) is 0 Å². The number of para-hydroxylation sites is 4. The van der Waals surface area contributed by atoms with Crippen molar-refractivity contribution in [3.63, 3.8) is 0 Å². The molecule has 0 saturated carbocycles. The van der Waals surface area contributed by atoms with Crippen LogP contribution in [-0.2, 0) is 6.42 Å². The Kier molecular flexibility index (Phi) is 6.92. The van der Waals surface area contributed by atoms with Crippen LogP contribution in [-0.4, -0.2) is 18.3 Å². The molecular weight excluding hydrogens is 753 g/mol. The van der Waals surface area contributed by atoms with E-state index in [0.717, 1.165) is 18.5 Å². The summed E-state index contributed by atoms with van der Waals surface area (Å²) in [6, 6.07) is 71.7. The molecule has 0 spiro atoms. The Bertz CT molecular complexity index is 4030. The van der Waals surface area contributed by atoms with Crippen LogP contribution >= 0.6 is 0 Å². The first-order valence-electron chi connectivity index (χ1n) is 21.7. The molecule has 4 aromatic heterocycles. The molecule has 0 bridgehead atoms. The molecule has 0 unspecified atom stereocenters. The van der Waals surface area contributed by atoms with Crippen LogP contribution in [0.25, 0.3) is 116 Å². The zero-order chi connectivity index (χ0) is 40.5. The van der Waals surface area contributed by atoms with Gasteiger partial charge in [-0.05, 0) is 85.0 Å². The van der Waals surface area contributed by atoms with E-state index in [1.807, 2.05) is 0 Å². The molecule has 0 N–H and O–H groups in total. The molecule has 4 nitrogen and oxygen atoms in total. The smallest absolute Gasteiger partial charge is 0.0641 e. The lowest BCUT2D eigenvalue weighted by atomic mass is 10.0. The standard InChI is InChI=1S/C58H38N4/c1-2-18-38(19-3-1)59-51-29-12-8-25-46(51)55-53(59)34-32-44-42-23-6-10-27-49(42)61(57(44)55)40-21-15-20-39(36-40)60-52-30-13-9-26-47(52)56-54(60)35-33-45-43-24-7-11-28-50(43)62(58(45)56)48-31-14-17-37-16-4-5-22-41(37)48/h1-9,11-26,28-36H,10,27H2. The average Bonchev–Trinajstić information content (AvgIpc) is 4.06. The zero-order valence-corrected chi connectivity index (χ0v) is 33.8. The third kappa shape index (κ3) is 4.50. The number of hydrogen-bond donors (Lipinski definition) is 0. The largest absolute Gasteiger partial charge is 0.312 e. The molecule has 290 valence electrons. The van der Waals surface area contributed by atoms with Gasteiger partial charge in [0.25, 0.3) is 0 Å². The van der Waals surface area contributed by atoms with E-state index >= 15 is 0 Å². The predicted octanol–water partition coefficient (Wildman–Crippen LogP) is 15.0. The summed E-state index contributed by atoms with van der Waals surface area (Å²) in [6.07, 6.45) is 6.70. The minimum absolute atomic E-state index is 0.982. The summed E-state index contributed by atoms with van der Waals surface area (Å²) in [4.78, 5) is 0. The number of benzene rings is 9. The van der Waals surface area contributed by atoms with E-state index in [1.54, 1.807) is 0 Å². The first-order chi connectivity index (χ1) is 30.8. The Morgan fingerprint density at radius 2 is 0.871 bits per heavy atom. The van der Waals surface area contributed by atoms with Crippen molar-refractivity contribution in [3.8, 4) is 22.7 Å². The minimum Gasteiger partial charge on any atom is -0.312 e. The van der Waals surface area contributed by atoms with E-state index in [9.17, 15) is 0 Å². The van der Waals surface area contributed by atoms with Gasteiger partial charge in [-0.3, -0.25) is 0 Å². The van der Waals surface area contributed by atoms with Crippen molar-refractivity contribution in [1.29, 1.82) is 0 Å². The molecular formula is C58H38N4. The predicted molar refractivity (Wildman–Crippen MR) is 261 cm³/mol. The van der Waals surface area contributed by atoms with E-state index in [2.05, 4.69) is 225 Å². The van der Waals surface area contributed by atoms with E-state index in [0.29, 0.717) is 0 Å². The second-order valence-electron chi connectivity index (χ2n) is 16.8. The fourth-order valence-corrected chi connectivity index (χ4v) is 11.1. The van der Waals surface area contributed by atoms with Gasteiger partial charge >= 0.3 is 0 Å². The fraction of sp³-hybridized carbons (Fsp3) is 0.0345. The van der Waals surface area contributed by atoms with Gasteiger partial charge < -0.3 is 18.3 Å². The van der Waals surface area contributed by atoms with Gasteiger partial charge in [-0.15, -0.1) is 0 Å². The average molecular weight is 791 g/mol. The number of fused-ring (bicyclic) bond motifs is 15. The van der Waals surface area contributed by atoms with E-state index in [-0.39, 0.29) is 0 Å². The van der Waals surface area contributed by atoms with Crippen LogP contribution in [0.2, 0.25) is 0 Å². The van der Waals surface area contributed by atoms with Crippen molar-refractivity contribution in [2.45, 2.75) is 12.8 Å². The maximum Gasteiger partial charge on any atom is 0.0641 e. The van der Waals surface area contributed by atoms with Gasteiger partial charge in [-0.25, -0.2) is 0 Å². The number of nitrogens with zero attached hydrogens (tertiary/aromatic N) is 4. The zero-order valence-electron chi connectivity index (χ0n) is 33.8. The van der Waals surface area contributed by atoms with Crippen molar-refractivity contribution >= 4 is 93.2 Å². The topological polar surface area (TPSA) is 19.7 Å². The monoisotopic (exact) mass is 790 g/mol. The van der Waals surface area contributed by atoms with Crippen LogP contribution in [0.5, 0.6) is 0 Å². The van der Waals surface area contributed by atoms with E-state index < -0.39 is 0 Å². The number of rotatable bonds is 4. The highest BCUT2D eigenvalue weighted by Gasteiger charge is 2.26. The summed E-state index contributed by atoms with van der Waals surface area (Å²) >= 11 is 0. The molecule has 1 aliphatic rings. The lowest BCUT2D eigenvalue weighted by Crippen LogP contribution is -2.04. The first-order valence-corrected chi connectivity index (χ1v) is 21.7. The minimum atomic E-state index is 0.982. The third-order valence-corrected chi connectivity index (χ3v) is 13.6. The molecule has 0 radical (unpaired) electrons. The van der Waals surface area contributed by atoms with Gasteiger partial charge in [0.1, 0.15) is 0 Å². The van der Waals surface area contributed by atoms with E-state index in [4.69, 9.17) is 0 Å². The summed E-state index contributed by atoms with van der Waals surface area (Å²) in [6.45, 7) is 0. The van der Waals surface area contributed by atoms with Crippen molar-refractivity contribution in [2.75, 3.05) is 0 Å². The van der Waals surface area contributed by atoms with Crippen LogP contribution < -0.4 is 0 Å². The molecule has 0 aliphatic heterocycles. The summed E-state index contributed by atoms with van der Waals surface area (Å²) in [5.41, 5.74) is 15.9. The second-order valence-corrected chi connectivity index (χ2v) is 16.8. The van der Waals surface area contributed by atoms with Crippen molar-refractivity contribution < 1.29 is 0 Å². The molecule has 62 heavy (non-hydrogen) atoms. The Hall–Kier alpha value is -8.08. The van der Waals surface area contributed by atoms with Gasteiger partial charge in [-0.1, -0.05) is 140 Å². The van der Waals surface area contributed by atoms with Crippen molar-refractivity contribution in [3.05, 3.63) is 211 Å². The van der Waals surface area contributed by atoms with E-state index in [1.165, 1.54) is 115 Å². The van der Waals surface area contributed by atoms with Crippen LogP contribution in [0, 0.1) is 0 Å². The fourth-order valence-electron chi connectivity index (χ4n) is 11.1. The molecule has 14 rings (SSSR count). The molecule has 0 atom stereocenters. The Morgan fingerprint density at radius 1 is 0.339 bits per heavy atom. The Labute approximate surface area is 357 Å². The number of allylic oxidation sites excluding steroid dienone is 1. The second kappa shape index (κ2) is 12.7. The highest BCUT2D eigenvalue weighted by atomic mass is 15.0. The van der Waals surface area contributed by atoms with Gasteiger partial charge in [0.15, 0.2) is 0 Å².